The van der Waals surface area contributed by atoms with Crippen LogP contribution in [0.25, 0.3) is 0 Å². The summed E-state index contributed by atoms with van der Waals surface area (Å²) in [6, 6.07) is 0.271. The van der Waals surface area contributed by atoms with Crippen LogP contribution in [-0.4, -0.2) is 34.1 Å². The van der Waals surface area contributed by atoms with Gasteiger partial charge in [0.2, 0.25) is 0 Å². The predicted molar refractivity (Wildman–Crippen MR) is 47.0 cm³/mol. The molecule has 0 atom stereocenters. The topological polar surface area (TPSA) is 98.0 Å². The second-order valence-corrected chi connectivity index (χ2v) is 7.77. The van der Waals surface area contributed by atoms with Gasteiger partial charge in [0.25, 0.3) is 0 Å². The third-order valence-corrected chi connectivity index (χ3v) is 3.55. The van der Waals surface area contributed by atoms with E-state index < -0.39 is 16.2 Å². The first-order valence-electron chi connectivity index (χ1n) is 3.70. The molecular weight excluding hydrogens is 199 g/mol. The average molecular weight is 214 g/mol. The standard InChI is InChI=1S/C5H15O5PSi/c1-12(9,10)5-3-2-4-11(6,7)8/h9-10H,2-5H2,1H3,(H2,6,7,8). The molecule has 0 aliphatic carbocycles. The molecule has 12 heavy (non-hydrogen) atoms. The summed E-state index contributed by atoms with van der Waals surface area (Å²) in [6.07, 6.45) is 0.631. The molecule has 0 aromatic rings. The maximum Gasteiger partial charge on any atom is 0.329 e. The molecule has 0 heterocycles. The number of hydrogen-bond acceptors (Lipinski definition) is 3. The Labute approximate surface area is 72.5 Å². The normalized spacial score (nSPS) is 13.4. The summed E-state index contributed by atoms with van der Waals surface area (Å²) in [5.74, 6) is 0. The molecule has 0 amide bonds. The predicted octanol–water partition coefficient (Wildman–Crippen LogP) is 0.000900. The number of unbranched alkanes of at least 4 members (excludes halogenated alkanes) is 1. The lowest BCUT2D eigenvalue weighted by molar-refractivity contribution is 0.360. The van der Waals surface area contributed by atoms with Crippen LogP contribution in [-0.2, 0) is 4.57 Å². The van der Waals surface area contributed by atoms with E-state index in [4.69, 9.17) is 19.4 Å². The zero-order valence-corrected chi connectivity index (χ0v) is 8.87. The van der Waals surface area contributed by atoms with Crippen molar-refractivity contribution in [3.05, 3.63) is 0 Å². The number of rotatable bonds is 5. The molecule has 0 aromatic heterocycles. The molecule has 0 spiro atoms. The molecule has 0 rings (SSSR count). The summed E-state index contributed by atoms with van der Waals surface area (Å²) in [5, 5.41) is 0. The van der Waals surface area contributed by atoms with Gasteiger partial charge < -0.3 is 19.4 Å². The van der Waals surface area contributed by atoms with Crippen molar-refractivity contribution in [2.45, 2.75) is 25.4 Å². The molecule has 0 aromatic carbocycles. The molecule has 5 nitrogen and oxygen atoms in total. The number of hydrogen-bond donors (Lipinski definition) is 4. The largest absolute Gasteiger partial charge is 0.411 e. The maximum atomic E-state index is 10.3. The highest BCUT2D eigenvalue weighted by atomic mass is 31.2. The first-order valence-corrected chi connectivity index (χ1v) is 8.10. The summed E-state index contributed by atoms with van der Waals surface area (Å²) < 4.78 is 10.3. The molecule has 4 N–H and O–H groups in total. The Morgan fingerprint density at radius 3 is 2.08 bits per heavy atom. The van der Waals surface area contributed by atoms with E-state index in [0.29, 0.717) is 12.8 Å². The van der Waals surface area contributed by atoms with Crippen molar-refractivity contribution in [2.24, 2.45) is 0 Å². The smallest absolute Gasteiger partial charge is 0.329 e. The lowest BCUT2D eigenvalue weighted by Crippen LogP contribution is -2.29. The van der Waals surface area contributed by atoms with Crippen LogP contribution in [0.4, 0.5) is 0 Å². The minimum absolute atomic E-state index is 0.169. The van der Waals surface area contributed by atoms with Gasteiger partial charge in [0, 0.05) is 6.16 Å². The van der Waals surface area contributed by atoms with Crippen LogP contribution in [0.15, 0.2) is 0 Å². The molecule has 0 bridgehead atoms. The summed E-state index contributed by atoms with van der Waals surface area (Å²) in [6.45, 7) is 1.38. The quantitative estimate of drug-likeness (QED) is 0.293. The van der Waals surface area contributed by atoms with Crippen molar-refractivity contribution in [1.82, 2.24) is 0 Å². The van der Waals surface area contributed by atoms with Crippen LogP contribution in [0.1, 0.15) is 12.8 Å². The van der Waals surface area contributed by atoms with Gasteiger partial charge in [0.15, 0.2) is 0 Å². The van der Waals surface area contributed by atoms with Crippen LogP contribution in [0.3, 0.4) is 0 Å². The van der Waals surface area contributed by atoms with E-state index in [0.717, 1.165) is 0 Å². The van der Waals surface area contributed by atoms with Crippen molar-refractivity contribution in [2.75, 3.05) is 6.16 Å². The zero-order valence-electron chi connectivity index (χ0n) is 6.97. The van der Waals surface area contributed by atoms with E-state index in [1.54, 1.807) is 0 Å². The second-order valence-electron chi connectivity index (χ2n) is 3.06. The van der Waals surface area contributed by atoms with Gasteiger partial charge in [-0.05, 0) is 19.0 Å². The Bertz CT molecular complexity index is 171. The summed E-state index contributed by atoms with van der Waals surface area (Å²) >= 11 is 0. The lowest BCUT2D eigenvalue weighted by atomic mass is 10.4. The fraction of sp³-hybridized carbons (Fsp3) is 1.00. The molecule has 0 fully saturated rings. The van der Waals surface area contributed by atoms with E-state index in [9.17, 15) is 4.57 Å². The highest BCUT2D eigenvalue weighted by Crippen LogP contribution is 2.35. The Kier molecular flexibility index (Phi) is 4.61. The van der Waals surface area contributed by atoms with E-state index in [-0.39, 0.29) is 12.2 Å². The van der Waals surface area contributed by atoms with Gasteiger partial charge in [0.1, 0.15) is 0 Å². The van der Waals surface area contributed by atoms with Crippen LogP contribution >= 0.6 is 7.60 Å². The minimum atomic E-state index is -3.90. The van der Waals surface area contributed by atoms with Gasteiger partial charge >= 0.3 is 16.2 Å². The van der Waals surface area contributed by atoms with Gasteiger partial charge in [-0.2, -0.15) is 0 Å². The molecule has 0 saturated heterocycles. The third-order valence-electron chi connectivity index (χ3n) is 1.35. The van der Waals surface area contributed by atoms with Crippen LogP contribution in [0.2, 0.25) is 12.6 Å². The summed E-state index contributed by atoms with van der Waals surface area (Å²) in [7, 11) is -6.90. The molecule has 74 valence electrons. The summed E-state index contributed by atoms with van der Waals surface area (Å²) in [5.41, 5.74) is 0. The van der Waals surface area contributed by atoms with E-state index in [1.807, 2.05) is 0 Å². The van der Waals surface area contributed by atoms with Crippen molar-refractivity contribution < 1.29 is 23.9 Å². The molecule has 0 aliphatic rings. The monoisotopic (exact) mass is 214 g/mol. The van der Waals surface area contributed by atoms with Gasteiger partial charge in [-0.3, -0.25) is 4.57 Å². The van der Waals surface area contributed by atoms with Gasteiger partial charge in [-0.25, -0.2) is 0 Å². The fourth-order valence-electron chi connectivity index (χ4n) is 0.778. The maximum absolute atomic E-state index is 10.3. The van der Waals surface area contributed by atoms with Gasteiger partial charge in [-0.1, -0.05) is 6.42 Å². The first kappa shape index (κ1) is 12.3. The van der Waals surface area contributed by atoms with Crippen molar-refractivity contribution in [1.29, 1.82) is 0 Å². The molecule has 7 heteroatoms. The first-order chi connectivity index (χ1) is 5.21. The van der Waals surface area contributed by atoms with Gasteiger partial charge in [-0.15, -0.1) is 0 Å². The highest BCUT2D eigenvalue weighted by molar-refractivity contribution is 7.51. The van der Waals surface area contributed by atoms with E-state index in [2.05, 4.69) is 0 Å². The second kappa shape index (κ2) is 4.50. The lowest BCUT2D eigenvalue weighted by Gasteiger charge is -2.10. The molecule has 0 aliphatic heterocycles. The van der Waals surface area contributed by atoms with Crippen molar-refractivity contribution in [3.8, 4) is 0 Å². The van der Waals surface area contributed by atoms with Crippen molar-refractivity contribution >= 4 is 16.2 Å². The fourth-order valence-corrected chi connectivity index (χ4v) is 2.33. The summed E-state index contributed by atoms with van der Waals surface area (Å²) in [4.78, 5) is 34.8. The van der Waals surface area contributed by atoms with Gasteiger partial charge in [0.05, 0.1) is 0 Å². The Morgan fingerprint density at radius 2 is 1.75 bits per heavy atom. The Hall–Kier alpha value is 0.287. The Morgan fingerprint density at radius 1 is 1.25 bits per heavy atom. The minimum Gasteiger partial charge on any atom is -0.411 e. The van der Waals surface area contributed by atoms with Crippen LogP contribution < -0.4 is 0 Å². The highest BCUT2D eigenvalue weighted by Gasteiger charge is 2.21. The van der Waals surface area contributed by atoms with Crippen molar-refractivity contribution in [3.63, 3.8) is 0 Å². The SMILES string of the molecule is C[Si](O)(O)CCCCP(=O)(O)O. The van der Waals surface area contributed by atoms with E-state index >= 15 is 0 Å². The van der Waals surface area contributed by atoms with Crippen LogP contribution in [0.5, 0.6) is 0 Å². The average Bonchev–Trinajstić information content (AvgIpc) is 1.76. The molecular formula is C5H15O5PSi. The third kappa shape index (κ3) is 10.3. The van der Waals surface area contributed by atoms with E-state index in [1.165, 1.54) is 6.55 Å². The zero-order chi connectivity index (χ0) is 9.83. The molecule has 0 radical (unpaired) electrons. The molecule has 0 unspecified atom stereocenters. The van der Waals surface area contributed by atoms with Crippen LogP contribution in [0, 0.1) is 0 Å². The molecule has 0 saturated carbocycles. The Balaban J connectivity index is 3.41.